The van der Waals surface area contributed by atoms with Crippen molar-refractivity contribution in [1.29, 1.82) is 0 Å². The largest absolute Gasteiger partial charge is 0.493 e. The van der Waals surface area contributed by atoms with E-state index in [0.29, 0.717) is 33.0 Å². The van der Waals surface area contributed by atoms with Crippen molar-refractivity contribution in [3.05, 3.63) is 109 Å². The van der Waals surface area contributed by atoms with Crippen molar-refractivity contribution in [3.63, 3.8) is 0 Å². The molecular weight excluding hydrogens is 618 g/mol. The molecule has 0 radical (unpaired) electrons. The molecule has 0 N–H and O–H groups in total. The van der Waals surface area contributed by atoms with Crippen LogP contribution in [0.1, 0.15) is 16.7 Å². The molecule has 2 amide bonds. The summed E-state index contributed by atoms with van der Waals surface area (Å²) in [7, 11) is 1.57. The minimum Gasteiger partial charge on any atom is -0.493 e. The van der Waals surface area contributed by atoms with E-state index in [-0.39, 0.29) is 17.7 Å². The number of carbonyl (C=O) groups is 2. The number of rotatable bonds is 7. The normalized spacial score (nSPS) is 14.6. The Labute approximate surface area is 235 Å². The van der Waals surface area contributed by atoms with Crippen LogP contribution in [0.25, 0.3) is 16.8 Å². The highest BCUT2D eigenvalue weighted by molar-refractivity contribution is 9.10. The number of imide groups is 1. The maximum Gasteiger partial charge on any atom is 0.293 e. The Morgan fingerprint density at radius 1 is 0.946 bits per heavy atom. The number of nitrogens with zero attached hydrogens (tertiary/aromatic N) is 1. The van der Waals surface area contributed by atoms with Crippen LogP contribution in [0.4, 0.5) is 4.79 Å². The van der Waals surface area contributed by atoms with Crippen LogP contribution in [0.3, 0.4) is 0 Å². The van der Waals surface area contributed by atoms with E-state index >= 15 is 0 Å². The number of amides is 2. The molecule has 0 aromatic heterocycles. The fourth-order valence-corrected chi connectivity index (χ4v) is 6.00. The van der Waals surface area contributed by atoms with E-state index in [1.54, 1.807) is 19.3 Å². The maximum atomic E-state index is 13.0. The van der Waals surface area contributed by atoms with Gasteiger partial charge in [0.25, 0.3) is 11.1 Å². The van der Waals surface area contributed by atoms with Crippen molar-refractivity contribution in [3.8, 4) is 11.5 Å². The van der Waals surface area contributed by atoms with Crippen LogP contribution in [0.5, 0.6) is 11.5 Å². The van der Waals surface area contributed by atoms with Crippen LogP contribution < -0.4 is 9.47 Å². The number of hydrogen-bond acceptors (Lipinski definition) is 5. The van der Waals surface area contributed by atoms with Crippen molar-refractivity contribution in [2.45, 2.75) is 13.2 Å². The van der Waals surface area contributed by atoms with Gasteiger partial charge in [0.15, 0.2) is 11.5 Å². The summed E-state index contributed by atoms with van der Waals surface area (Å²) in [6, 6.07) is 25.5. The molecule has 1 saturated heterocycles. The molecule has 0 unspecified atom stereocenters. The van der Waals surface area contributed by atoms with Gasteiger partial charge in [-0.1, -0.05) is 70.5 Å². The Bertz CT molecular complexity index is 1550. The lowest BCUT2D eigenvalue weighted by atomic mass is 10.1. The third-order valence-corrected chi connectivity index (χ3v) is 7.89. The zero-order valence-corrected chi connectivity index (χ0v) is 23.7. The Hall–Kier alpha value is -3.07. The van der Waals surface area contributed by atoms with Gasteiger partial charge in [-0.15, -0.1) is 0 Å². The first kappa shape index (κ1) is 25.6. The summed E-state index contributed by atoms with van der Waals surface area (Å²) >= 11 is 7.95. The molecule has 5 rings (SSSR count). The highest BCUT2D eigenvalue weighted by atomic mass is 79.9. The minimum atomic E-state index is -0.318. The fourth-order valence-electron chi connectivity index (χ4n) is 4.14. The zero-order chi connectivity index (χ0) is 25.9. The molecule has 0 bridgehead atoms. The van der Waals surface area contributed by atoms with E-state index in [1.165, 1.54) is 4.90 Å². The lowest BCUT2D eigenvalue weighted by Crippen LogP contribution is -2.27. The van der Waals surface area contributed by atoms with Gasteiger partial charge in [0.2, 0.25) is 0 Å². The maximum absolute atomic E-state index is 13.0. The van der Waals surface area contributed by atoms with Crippen molar-refractivity contribution < 1.29 is 19.1 Å². The van der Waals surface area contributed by atoms with E-state index in [1.807, 2.05) is 54.6 Å². The molecule has 0 aliphatic carbocycles. The van der Waals surface area contributed by atoms with E-state index in [9.17, 15) is 9.59 Å². The molecule has 0 atom stereocenters. The van der Waals surface area contributed by atoms with Gasteiger partial charge >= 0.3 is 0 Å². The predicted octanol–water partition coefficient (Wildman–Crippen LogP) is 8.19. The summed E-state index contributed by atoms with van der Waals surface area (Å²) in [5.41, 5.74) is 2.65. The van der Waals surface area contributed by atoms with Gasteiger partial charge < -0.3 is 9.47 Å². The summed E-state index contributed by atoms with van der Waals surface area (Å²) in [5.74, 6) is 0.769. The highest BCUT2D eigenvalue weighted by Gasteiger charge is 2.35. The molecular formula is C29H21Br2NO4S. The van der Waals surface area contributed by atoms with Gasteiger partial charge in [0.1, 0.15) is 6.61 Å². The molecule has 1 heterocycles. The Balaban J connectivity index is 1.36. The lowest BCUT2D eigenvalue weighted by molar-refractivity contribution is -0.123. The second-order valence-electron chi connectivity index (χ2n) is 8.36. The average Bonchev–Trinajstić information content (AvgIpc) is 3.15. The van der Waals surface area contributed by atoms with E-state index in [0.717, 1.165) is 38.1 Å². The van der Waals surface area contributed by atoms with Crippen molar-refractivity contribution in [2.75, 3.05) is 7.11 Å². The summed E-state index contributed by atoms with van der Waals surface area (Å²) in [6.45, 7) is 0.583. The van der Waals surface area contributed by atoms with E-state index < -0.39 is 0 Å². The molecule has 37 heavy (non-hydrogen) atoms. The summed E-state index contributed by atoms with van der Waals surface area (Å²) in [5, 5.41) is 1.99. The van der Waals surface area contributed by atoms with Crippen LogP contribution in [0, 0.1) is 0 Å². The number of carbonyl (C=O) groups excluding carboxylic acids is 2. The van der Waals surface area contributed by atoms with Gasteiger partial charge in [-0.25, -0.2) is 0 Å². The number of ether oxygens (including phenoxy) is 2. The third kappa shape index (κ3) is 5.61. The first-order chi connectivity index (χ1) is 17.9. The van der Waals surface area contributed by atoms with Gasteiger partial charge in [0.05, 0.1) is 23.0 Å². The first-order valence-electron chi connectivity index (χ1n) is 11.4. The molecule has 186 valence electrons. The topological polar surface area (TPSA) is 55.8 Å². The van der Waals surface area contributed by atoms with Crippen LogP contribution in [-0.4, -0.2) is 23.2 Å². The standard InChI is InChI=1S/C29H21Br2NO4S/c1-35-25-14-19(15-26-28(33)32(29(34)37-26)16-18-6-4-10-22(30)12-18)13-24(31)27(25)36-17-21-9-5-8-20-7-2-3-11-23(20)21/h2-15H,16-17H2,1H3/b26-15+. The Kier molecular flexibility index (Phi) is 7.69. The third-order valence-electron chi connectivity index (χ3n) is 5.90. The van der Waals surface area contributed by atoms with E-state index in [2.05, 4.69) is 50.1 Å². The zero-order valence-electron chi connectivity index (χ0n) is 19.7. The van der Waals surface area contributed by atoms with Crippen molar-refractivity contribution in [2.24, 2.45) is 0 Å². The molecule has 1 aliphatic heterocycles. The monoisotopic (exact) mass is 637 g/mol. The highest BCUT2D eigenvalue weighted by Crippen LogP contribution is 2.40. The van der Waals surface area contributed by atoms with Crippen LogP contribution >= 0.6 is 43.6 Å². The minimum absolute atomic E-state index is 0.218. The molecule has 0 spiro atoms. The quantitative estimate of drug-likeness (QED) is 0.191. The second kappa shape index (κ2) is 11.1. The van der Waals surface area contributed by atoms with Crippen LogP contribution in [0.15, 0.2) is 92.7 Å². The molecule has 4 aromatic carbocycles. The SMILES string of the molecule is COc1cc(/C=C2/SC(=O)N(Cc3cccc(Br)c3)C2=O)cc(Br)c1OCc1cccc2ccccc12. The van der Waals surface area contributed by atoms with Gasteiger partial charge in [0, 0.05) is 4.47 Å². The molecule has 1 aliphatic rings. The molecule has 5 nitrogen and oxygen atoms in total. The molecule has 0 saturated carbocycles. The molecule has 8 heteroatoms. The Morgan fingerprint density at radius 3 is 2.54 bits per heavy atom. The number of fused-ring (bicyclic) bond motifs is 1. The van der Waals surface area contributed by atoms with Gasteiger partial charge in [-0.05, 0) is 85.5 Å². The summed E-state index contributed by atoms with van der Waals surface area (Å²) < 4.78 is 13.4. The van der Waals surface area contributed by atoms with Crippen LogP contribution in [-0.2, 0) is 17.9 Å². The average molecular weight is 639 g/mol. The first-order valence-corrected chi connectivity index (χ1v) is 13.8. The van der Waals surface area contributed by atoms with Crippen molar-refractivity contribution >= 4 is 71.6 Å². The predicted molar refractivity (Wildman–Crippen MR) is 155 cm³/mol. The Morgan fingerprint density at radius 2 is 1.73 bits per heavy atom. The van der Waals surface area contributed by atoms with Crippen LogP contribution in [0.2, 0.25) is 0 Å². The van der Waals surface area contributed by atoms with Crippen molar-refractivity contribution in [1.82, 2.24) is 4.90 Å². The summed E-state index contributed by atoms with van der Waals surface area (Å²) in [4.78, 5) is 27.2. The smallest absolute Gasteiger partial charge is 0.293 e. The number of hydrogen-bond donors (Lipinski definition) is 0. The second-order valence-corrected chi connectivity index (χ2v) is 11.1. The lowest BCUT2D eigenvalue weighted by Gasteiger charge is -2.15. The number of benzene rings is 4. The number of methoxy groups -OCH3 is 1. The van der Waals surface area contributed by atoms with E-state index in [4.69, 9.17) is 9.47 Å². The van der Waals surface area contributed by atoms with Gasteiger partial charge in [-0.3, -0.25) is 14.5 Å². The summed E-state index contributed by atoms with van der Waals surface area (Å²) in [6.07, 6.45) is 1.70. The number of thioether (sulfide) groups is 1. The fraction of sp³-hybridized carbons (Fsp3) is 0.103. The number of halogens is 2. The molecule has 4 aromatic rings. The van der Waals surface area contributed by atoms with Gasteiger partial charge in [-0.2, -0.15) is 0 Å². The molecule has 1 fully saturated rings.